The molecule has 0 aliphatic rings. The van der Waals surface area contributed by atoms with Gasteiger partial charge in [0.25, 0.3) is 0 Å². The maximum Gasteiger partial charge on any atom is 0.339 e. The van der Waals surface area contributed by atoms with Gasteiger partial charge in [0, 0.05) is 0 Å². The Morgan fingerprint density at radius 1 is 0.613 bits per heavy atom. The van der Waals surface area contributed by atoms with Gasteiger partial charge in [-0.25, -0.2) is 28.8 Å². The van der Waals surface area contributed by atoms with Crippen LogP contribution in [-0.2, 0) is 9.47 Å². The van der Waals surface area contributed by atoms with Gasteiger partial charge < -0.3 is 35.0 Å². The summed E-state index contributed by atoms with van der Waals surface area (Å²) >= 11 is 0. The predicted octanol–water partition coefficient (Wildman–Crippen LogP) is 1.27. The quantitative estimate of drug-likeness (QED) is 0.176. The van der Waals surface area contributed by atoms with Crippen molar-refractivity contribution in [2.24, 2.45) is 0 Å². The standard InChI is InChI=1S/C18H16O13/c1-2-30-5-3-4-6-31-18(29)12-10(16(25)26)8(14(21)22)7(13(19)20)9(15(23)24)11(12)17(27)28/h2H,1,3-6H2,(H,19,20)(H,21,22)(H,23,24)(H,25,26)(H,27,28). The van der Waals surface area contributed by atoms with Crippen LogP contribution in [0, 0.1) is 0 Å². The molecule has 0 unspecified atom stereocenters. The lowest BCUT2D eigenvalue weighted by atomic mass is 9.86. The maximum atomic E-state index is 12.5. The van der Waals surface area contributed by atoms with E-state index < -0.39 is 69.2 Å². The third kappa shape index (κ3) is 5.35. The summed E-state index contributed by atoms with van der Waals surface area (Å²) < 4.78 is 9.61. The first-order valence-corrected chi connectivity index (χ1v) is 8.27. The molecule has 166 valence electrons. The van der Waals surface area contributed by atoms with E-state index in [9.17, 15) is 54.3 Å². The molecule has 13 heteroatoms. The summed E-state index contributed by atoms with van der Waals surface area (Å²) in [6.07, 6.45) is 1.67. The minimum Gasteiger partial charge on any atom is -0.502 e. The molecular formula is C18H16O13. The molecule has 0 fully saturated rings. The fourth-order valence-corrected chi connectivity index (χ4v) is 2.63. The van der Waals surface area contributed by atoms with Crippen molar-refractivity contribution in [3.63, 3.8) is 0 Å². The number of hydrogen-bond donors (Lipinski definition) is 5. The Bertz CT molecular complexity index is 920. The van der Waals surface area contributed by atoms with E-state index in [1.165, 1.54) is 0 Å². The molecule has 0 aliphatic carbocycles. The van der Waals surface area contributed by atoms with Crippen LogP contribution in [0.5, 0.6) is 0 Å². The third-order valence-electron chi connectivity index (χ3n) is 3.78. The summed E-state index contributed by atoms with van der Waals surface area (Å²) in [5, 5.41) is 46.8. The van der Waals surface area contributed by atoms with Crippen LogP contribution < -0.4 is 0 Å². The number of esters is 1. The molecule has 13 nitrogen and oxygen atoms in total. The van der Waals surface area contributed by atoms with Crippen LogP contribution in [0.25, 0.3) is 0 Å². The highest BCUT2D eigenvalue weighted by molar-refractivity contribution is 6.23. The molecule has 0 aliphatic heterocycles. The average Bonchev–Trinajstić information content (AvgIpc) is 2.67. The number of carboxylic acids is 5. The number of ether oxygens (including phenoxy) is 2. The van der Waals surface area contributed by atoms with Crippen molar-refractivity contribution in [1.82, 2.24) is 0 Å². The van der Waals surface area contributed by atoms with E-state index in [1.54, 1.807) is 0 Å². The minimum absolute atomic E-state index is 0.162. The second-order valence-electron chi connectivity index (χ2n) is 5.66. The van der Waals surface area contributed by atoms with Gasteiger partial charge >= 0.3 is 35.8 Å². The molecule has 0 bridgehead atoms. The van der Waals surface area contributed by atoms with Crippen molar-refractivity contribution >= 4 is 35.8 Å². The van der Waals surface area contributed by atoms with Crippen molar-refractivity contribution < 1.29 is 63.8 Å². The summed E-state index contributed by atoms with van der Waals surface area (Å²) in [6, 6.07) is 0. The van der Waals surface area contributed by atoms with Crippen LogP contribution in [-0.4, -0.2) is 74.6 Å². The second-order valence-corrected chi connectivity index (χ2v) is 5.66. The highest BCUT2D eigenvalue weighted by atomic mass is 16.5. The van der Waals surface area contributed by atoms with Gasteiger partial charge in [0.15, 0.2) is 0 Å². The Balaban J connectivity index is 3.81. The van der Waals surface area contributed by atoms with Gasteiger partial charge in [0.2, 0.25) is 0 Å². The van der Waals surface area contributed by atoms with Crippen molar-refractivity contribution in [1.29, 1.82) is 0 Å². The predicted molar refractivity (Wildman–Crippen MR) is 96.9 cm³/mol. The Morgan fingerprint density at radius 3 is 1.26 bits per heavy atom. The van der Waals surface area contributed by atoms with Crippen LogP contribution in [0.4, 0.5) is 0 Å². The first-order valence-electron chi connectivity index (χ1n) is 8.27. The number of hydrogen-bond acceptors (Lipinski definition) is 8. The summed E-state index contributed by atoms with van der Waals surface area (Å²) in [4.78, 5) is 70.6. The Kier molecular flexibility index (Phi) is 8.25. The summed E-state index contributed by atoms with van der Waals surface area (Å²) in [6.45, 7) is 3.12. The number of unbranched alkanes of at least 4 members (excludes halogenated alkanes) is 1. The topological polar surface area (TPSA) is 222 Å². The Hall–Kier alpha value is -4.42. The van der Waals surface area contributed by atoms with Gasteiger partial charge in [-0.2, -0.15) is 0 Å². The fourth-order valence-electron chi connectivity index (χ4n) is 2.63. The summed E-state index contributed by atoms with van der Waals surface area (Å²) in [5.74, 6) is -12.6. The molecule has 0 aromatic heterocycles. The molecule has 0 heterocycles. The van der Waals surface area contributed by atoms with Crippen LogP contribution >= 0.6 is 0 Å². The highest BCUT2D eigenvalue weighted by Gasteiger charge is 2.41. The van der Waals surface area contributed by atoms with E-state index in [-0.39, 0.29) is 19.6 Å². The van der Waals surface area contributed by atoms with Crippen LogP contribution in [0.3, 0.4) is 0 Å². The van der Waals surface area contributed by atoms with E-state index in [0.717, 1.165) is 6.26 Å². The normalized spacial score (nSPS) is 10.1. The Labute approximate surface area is 172 Å². The number of rotatable bonds is 12. The van der Waals surface area contributed by atoms with Crippen molar-refractivity contribution in [3.8, 4) is 0 Å². The van der Waals surface area contributed by atoms with Crippen molar-refractivity contribution in [3.05, 3.63) is 46.2 Å². The minimum atomic E-state index is -2.22. The average molecular weight is 440 g/mol. The molecule has 5 N–H and O–H groups in total. The van der Waals surface area contributed by atoms with Crippen LogP contribution in [0.1, 0.15) is 75.0 Å². The maximum absolute atomic E-state index is 12.5. The number of carbonyl (C=O) groups is 6. The van der Waals surface area contributed by atoms with E-state index in [4.69, 9.17) is 9.47 Å². The van der Waals surface area contributed by atoms with Gasteiger partial charge in [-0.15, -0.1) is 0 Å². The highest BCUT2D eigenvalue weighted by Crippen LogP contribution is 2.30. The second kappa shape index (κ2) is 10.4. The molecule has 0 radical (unpaired) electrons. The number of benzene rings is 1. The lowest BCUT2D eigenvalue weighted by molar-refractivity contribution is 0.0469. The Morgan fingerprint density at radius 2 is 0.935 bits per heavy atom. The molecule has 1 aromatic carbocycles. The largest absolute Gasteiger partial charge is 0.502 e. The molecule has 1 aromatic rings. The van der Waals surface area contributed by atoms with Crippen LogP contribution in [0.15, 0.2) is 12.8 Å². The third-order valence-corrected chi connectivity index (χ3v) is 3.78. The smallest absolute Gasteiger partial charge is 0.339 e. The molecule has 0 atom stereocenters. The fraction of sp³-hybridized carbons (Fsp3) is 0.222. The van der Waals surface area contributed by atoms with Gasteiger partial charge in [0.1, 0.15) is 0 Å². The molecule has 0 amide bonds. The number of aromatic carboxylic acids is 5. The summed E-state index contributed by atoms with van der Waals surface area (Å²) in [7, 11) is 0. The molecule has 0 saturated carbocycles. The monoisotopic (exact) mass is 440 g/mol. The van der Waals surface area contributed by atoms with Gasteiger partial charge in [0.05, 0.1) is 52.9 Å². The first kappa shape index (κ1) is 24.6. The lowest BCUT2D eigenvalue weighted by Gasteiger charge is -2.17. The molecule has 0 spiro atoms. The zero-order valence-electron chi connectivity index (χ0n) is 15.6. The number of carboxylic acid groups (broad SMARTS) is 5. The lowest BCUT2D eigenvalue weighted by Crippen LogP contribution is -2.28. The SMILES string of the molecule is C=COCCCCOC(=O)c1c(C(=O)O)c(C(=O)O)c(C(=O)O)c(C(=O)O)c1C(=O)O. The zero-order valence-corrected chi connectivity index (χ0v) is 15.6. The molecule has 31 heavy (non-hydrogen) atoms. The van der Waals surface area contributed by atoms with E-state index in [1.807, 2.05) is 0 Å². The van der Waals surface area contributed by atoms with E-state index in [0.29, 0.717) is 6.42 Å². The van der Waals surface area contributed by atoms with Gasteiger partial charge in [-0.1, -0.05) is 6.58 Å². The van der Waals surface area contributed by atoms with Gasteiger partial charge in [-0.3, -0.25) is 0 Å². The molecule has 0 saturated heterocycles. The first-order chi connectivity index (χ1) is 14.5. The van der Waals surface area contributed by atoms with E-state index >= 15 is 0 Å². The number of carbonyl (C=O) groups excluding carboxylic acids is 1. The summed E-state index contributed by atoms with van der Waals surface area (Å²) in [5.41, 5.74) is -9.20. The van der Waals surface area contributed by atoms with Crippen molar-refractivity contribution in [2.75, 3.05) is 13.2 Å². The zero-order chi connectivity index (χ0) is 23.9. The molecule has 1 rings (SSSR count). The van der Waals surface area contributed by atoms with E-state index in [2.05, 4.69) is 6.58 Å². The van der Waals surface area contributed by atoms with Crippen molar-refractivity contribution in [2.45, 2.75) is 12.8 Å². The van der Waals surface area contributed by atoms with Gasteiger partial charge in [-0.05, 0) is 12.8 Å². The molecular weight excluding hydrogens is 424 g/mol. The van der Waals surface area contributed by atoms with Crippen LogP contribution in [0.2, 0.25) is 0 Å².